The number of aromatic nitrogens is 2. The summed E-state index contributed by atoms with van der Waals surface area (Å²) in [5.74, 6) is -0.569. The van der Waals surface area contributed by atoms with Gasteiger partial charge in [-0.2, -0.15) is 10.5 Å². The molecule has 0 aromatic carbocycles. The Morgan fingerprint density at radius 1 is 1.24 bits per heavy atom. The van der Waals surface area contributed by atoms with Crippen LogP contribution in [0.5, 0.6) is 0 Å². The molecular formula is C17H21N5O3. The van der Waals surface area contributed by atoms with Crippen molar-refractivity contribution in [1.29, 1.82) is 10.5 Å². The van der Waals surface area contributed by atoms with Crippen LogP contribution in [0.2, 0.25) is 0 Å². The lowest BCUT2D eigenvalue weighted by molar-refractivity contribution is -0.123. The fourth-order valence-electron chi connectivity index (χ4n) is 3.14. The van der Waals surface area contributed by atoms with E-state index in [0.29, 0.717) is 12.8 Å². The van der Waals surface area contributed by atoms with E-state index in [1.807, 2.05) is 0 Å². The van der Waals surface area contributed by atoms with Gasteiger partial charge in [0.25, 0.3) is 5.56 Å². The Balaban J connectivity index is 2.29. The van der Waals surface area contributed by atoms with Gasteiger partial charge in [-0.05, 0) is 19.8 Å². The van der Waals surface area contributed by atoms with E-state index in [2.05, 4.69) is 11.4 Å². The van der Waals surface area contributed by atoms with E-state index in [1.54, 1.807) is 13.0 Å². The quantitative estimate of drug-likeness (QED) is 0.804. The van der Waals surface area contributed by atoms with Crippen molar-refractivity contribution in [2.75, 3.05) is 0 Å². The normalized spacial score (nSPS) is 16.3. The Hall–Kier alpha value is -2.87. The predicted molar refractivity (Wildman–Crippen MR) is 89.5 cm³/mol. The number of aryl methyl sites for hydroxylation is 1. The largest absolute Gasteiger partial charge is 0.336 e. The highest BCUT2D eigenvalue weighted by Crippen LogP contribution is 2.26. The molecule has 8 nitrogen and oxygen atoms in total. The van der Waals surface area contributed by atoms with Gasteiger partial charge in [0.2, 0.25) is 5.91 Å². The van der Waals surface area contributed by atoms with E-state index in [1.165, 1.54) is 10.8 Å². The minimum absolute atomic E-state index is 0.196. The smallest absolute Gasteiger partial charge is 0.331 e. The van der Waals surface area contributed by atoms with E-state index < -0.39 is 29.2 Å². The average molecular weight is 343 g/mol. The van der Waals surface area contributed by atoms with Crippen molar-refractivity contribution >= 4 is 5.91 Å². The van der Waals surface area contributed by atoms with Crippen molar-refractivity contribution in [3.05, 3.63) is 32.6 Å². The predicted octanol–water partition coefficient (Wildman–Crippen LogP) is 0.634. The lowest BCUT2D eigenvalue weighted by Crippen LogP contribution is -2.51. The second-order valence-electron chi connectivity index (χ2n) is 6.27. The van der Waals surface area contributed by atoms with Gasteiger partial charge in [-0.3, -0.25) is 14.2 Å². The fourth-order valence-corrected chi connectivity index (χ4v) is 3.14. The molecule has 1 aliphatic carbocycles. The zero-order valence-electron chi connectivity index (χ0n) is 14.2. The first kappa shape index (κ1) is 18.5. The Kier molecular flexibility index (Phi) is 5.76. The second kappa shape index (κ2) is 7.80. The molecule has 1 saturated carbocycles. The summed E-state index contributed by atoms with van der Waals surface area (Å²) in [5, 5.41) is 21.3. The Morgan fingerprint density at radius 3 is 2.40 bits per heavy atom. The van der Waals surface area contributed by atoms with Gasteiger partial charge in [0.15, 0.2) is 0 Å². The van der Waals surface area contributed by atoms with Crippen molar-refractivity contribution in [1.82, 2.24) is 14.5 Å². The third-order valence-corrected chi connectivity index (χ3v) is 4.55. The van der Waals surface area contributed by atoms with Crippen LogP contribution in [0, 0.1) is 22.7 Å². The summed E-state index contributed by atoms with van der Waals surface area (Å²) < 4.78 is 1.96. The molecule has 2 rings (SSSR count). The van der Waals surface area contributed by atoms with Crippen LogP contribution in [0.1, 0.15) is 51.0 Å². The number of nitrogens with one attached hydrogen (secondary N) is 1. The van der Waals surface area contributed by atoms with Gasteiger partial charge in [-0.25, -0.2) is 9.36 Å². The summed E-state index contributed by atoms with van der Waals surface area (Å²) in [7, 11) is 0. The van der Waals surface area contributed by atoms with Crippen LogP contribution in [0.25, 0.3) is 0 Å². The molecule has 8 heteroatoms. The lowest BCUT2D eigenvalue weighted by atomic mass is 9.92. The van der Waals surface area contributed by atoms with Crippen LogP contribution in [0.15, 0.2) is 15.8 Å². The molecule has 1 fully saturated rings. The second-order valence-corrected chi connectivity index (χ2v) is 6.27. The number of carbonyl (C=O) groups excluding carboxylic acids is 1. The van der Waals surface area contributed by atoms with Gasteiger partial charge in [0, 0.05) is 12.7 Å². The van der Waals surface area contributed by atoms with Gasteiger partial charge in [0.05, 0.1) is 6.07 Å². The highest BCUT2D eigenvalue weighted by Gasteiger charge is 2.32. The van der Waals surface area contributed by atoms with Crippen molar-refractivity contribution < 1.29 is 4.79 Å². The molecule has 1 amide bonds. The minimum atomic E-state index is -0.951. The number of carbonyl (C=O) groups is 1. The molecule has 0 saturated heterocycles. The number of hydrogen-bond acceptors (Lipinski definition) is 5. The molecule has 0 radical (unpaired) electrons. The maximum absolute atomic E-state index is 12.4. The number of nitriles is 2. The topological polar surface area (TPSA) is 121 Å². The lowest BCUT2D eigenvalue weighted by Gasteiger charge is -2.26. The van der Waals surface area contributed by atoms with E-state index in [9.17, 15) is 19.6 Å². The van der Waals surface area contributed by atoms with E-state index in [4.69, 9.17) is 5.26 Å². The first-order valence-corrected chi connectivity index (χ1v) is 8.43. The third-order valence-electron chi connectivity index (χ3n) is 4.55. The van der Waals surface area contributed by atoms with Crippen molar-refractivity contribution in [3.8, 4) is 12.1 Å². The molecule has 0 unspecified atom stereocenters. The summed E-state index contributed by atoms with van der Waals surface area (Å²) in [6.45, 7) is 1.47. The summed E-state index contributed by atoms with van der Waals surface area (Å²) in [6, 6.07) is 3.94. The number of amides is 1. The van der Waals surface area contributed by atoms with E-state index in [-0.39, 0.29) is 12.1 Å². The molecule has 0 bridgehead atoms. The van der Waals surface area contributed by atoms with Gasteiger partial charge >= 0.3 is 5.69 Å². The van der Waals surface area contributed by atoms with Crippen LogP contribution in [0.4, 0.5) is 0 Å². The zero-order valence-corrected chi connectivity index (χ0v) is 14.2. The van der Waals surface area contributed by atoms with Crippen LogP contribution >= 0.6 is 0 Å². The Bertz CT molecular complexity index is 845. The molecule has 25 heavy (non-hydrogen) atoms. The molecule has 0 aliphatic heterocycles. The summed E-state index contributed by atoms with van der Waals surface area (Å²) in [5.41, 5.74) is -2.58. The SMILES string of the molecule is CCn1cc(C#N)c(=O)n(CC(=O)NC2(C#N)CCCCCC2)c1=O. The Morgan fingerprint density at radius 2 is 1.88 bits per heavy atom. The van der Waals surface area contributed by atoms with Crippen LogP contribution in [-0.4, -0.2) is 20.6 Å². The maximum Gasteiger partial charge on any atom is 0.331 e. The zero-order chi connectivity index (χ0) is 18.4. The van der Waals surface area contributed by atoms with Gasteiger partial charge in [-0.15, -0.1) is 0 Å². The number of nitrogens with zero attached hydrogens (tertiary/aromatic N) is 4. The van der Waals surface area contributed by atoms with E-state index >= 15 is 0 Å². The van der Waals surface area contributed by atoms with Crippen LogP contribution < -0.4 is 16.6 Å². The molecule has 1 heterocycles. The van der Waals surface area contributed by atoms with E-state index in [0.717, 1.165) is 30.3 Å². The molecule has 1 aromatic heterocycles. The fraction of sp³-hybridized carbons (Fsp3) is 0.588. The molecule has 132 valence electrons. The average Bonchev–Trinajstić information content (AvgIpc) is 2.85. The molecule has 1 N–H and O–H groups in total. The Labute approximate surface area is 145 Å². The van der Waals surface area contributed by atoms with Gasteiger partial charge < -0.3 is 5.32 Å². The van der Waals surface area contributed by atoms with Crippen LogP contribution in [-0.2, 0) is 17.9 Å². The first-order valence-electron chi connectivity index (χ1n) is 8.43. The van der Waals surface area contributed by atoms with Crippen molar-refractivity contribution in [3.63, 3.8) is 0 Å². The third kappa shape index (κ3) is 3.97. The number of rotatable bonds is 4. The highest BCUT2D eigenvalue weighted by molar-refractivity contribution is 5.77. The first-order chi connectivity index (χ1) is 12.0. The van der Waals surface area contributed by atoms with Crippen LogP contribution in [0.3, 0.4) is 0 Å². The molecule has 0 atom stereocenters. The molecule has 1 aliphatic rings. The molecule has 1 aromatic rings. The molecular weight excluding hydrogens is 322 g/mol. The molecule has 0 spiro atoms. The monoisotopic (exact) mass is 343 g/mol. The minimum Gasteiger partial charge on any atom is -0.336 e. The maximum atomic E-state index is 12.4. The summed E-state index contributed by atoms with van der Waals surface area (Å²) in [6.07, 6.45) is 6.04. The van der Waals surface area contributed by atoms with Gasteiger partial charge in [0.1, 0.15) is 23.7 Å². The van der Waals surface area contributed by atoms with Gasteiger partial charge in [-0.1, -0.05) is 25.7 Å². The standard InChI is InChI=1S/C17H21N5O3/c1-2-21-10-13(9-18)15(24)22(16(21)25)11-14(23)20-17(12-19)7-5-3-4-6-8-17/h10H,2-8,11H2,1H3,(H,20,23). The van der Waals surface area contributed by atoms with Crippen molar-refractivity contribution in [2.24, 2.45) is 0 Å². The number of hydrogen-bond donors (Lipinski definition) is 1. The highest BCUT2D eigenvalue weighted by atomic mass is 16.2. The van der Waals surface area contributed by atoms with Crippen molar-refractivity contribution in [2.45, 2.75) is 64.1 Å². The summed E-state index contributed by atoms with van der Waals surface area (Å²) in [4.78, 5) is 36.9. The summed E-state index contributed by atoms with van der Waals surface area (Å²) >= 11 is 0.